The minimum absolute atomic E-state index is 0.139. The van der Waals surface area contributed by atoms with Gasteiger partial charge in [-0.1, -0.05) is 6.58 Å². The third-order valence-corrected chi connectivity index (χ3v) is 0.750. The van der Waals surface area contributed by atoms with E-state index in [0.29, 0.717) is 6.61 Å². The van der Waals surface area contributed by atoms with Crippen molar-refractivity contribution in [1.82, 2.24) is 0 Å². The minimum Gasteiger partial charge on any atom is -0.471 e. The molecule has 0 bridgehead atoms. The summed E-state index contributed by atoms with van der Waals surface area (Å²) in [5.41, 5.74) is 0. The van der Waals surface area contributed by atoms with E-state index < -0.39 is 6.29 Å². The molecule has 1 unspecified atom stereocenters. The molecule has 0 aromatic carbocycles. The van der Waals surface area contributed by atoms with Crippen LogP contribution in [0.4, 0.5) is 0 Å². The predicted octanol–water partition coefficient (Wildman–Crippen LogP) is 0.501. The highest BCUT2D eigenvalue weighted by Crippen LogP contribution is 1.92. The standard InChI is InChI=1S/C6H12O3/c1-3-8-6(5-7)9-4-2/h3,6-7H,1,4-5H2,2H3. The monoisotopic (exact) mass is 132 g/mol. The van der Waals surface area contributed by atoms with Crippen molar-refractivity contribution >= 4 is 0 Å². The van der Waals surface area contributed by atoms with Crippen LogP contribution in [0.25, 0.3) is 0 Å². The molecule has 9 heavy (non-hydrogen) atoms. The number of aliphatic hydroxyl groups excluding tert-OH is 1. The Balaban J connectivity index is 3.28. The largest absolute Gasteiger partial charge is 0.471 e. The van der Waals surface area contributed by atoms with Crippen LogP contribution >= 0.6 is 0 Å². The summed E-state index contributed by atoms with van der Waals surface area (Å²) in [7, 11) is 0. The van der Waals surface area contributed by atoms with Gasteiger partial charge in [0, 0.05) is 6.61 Å². The molecule has 0 radical (unpaired) electrons. The molecule has 1 atom stereocenters. The maximum absolute atomic E-state index is 8.49. The van der Waals surface area contributed by atoms with Crippen molar-refractivity contribution in [2.24, 2.45) is 0 Å². The zero-order chi connectivity index (χ0) is 7.11. The first-order valence-corrected chi connectivity index (χ1v) is 2.84. The van der Waals surface area contributed by atoms with E-state index in [2.05, 4.69) is 6.58 Å². The molecule has 0 aliphatic heterocycles. The highest BCUT2D eigenvalue weighted by Gasteiger charge is 2.02. The lowest BCUT2D eigenvalue weighted by Gasteiger charge is -2.12. The topological polar surface area (TPSA) is 38.7 Å². The van der Waals surface area contributed by atoms with Gasteiger partial charge in [-0.15, -0.1) is 0 Å². The molecule has 0 fully saturated rings. The second-order valence-electron chi connectivity index (χ2n) is 1.37. The molecule has 54 valence electrons. The molecule has 1 N–H and O–H groups in total. The molecule has 0 saturated carbocycles. The van der Waals surface area contributed by atoms with E-state index in [-0.39, 0.29) is 6.61 Å². The highest BCUT2D eigenvalue weighted by atomic mass is 16.7. The SMILES string of the molecule is C=COC(CO)OCC. The minimum atomic E-state index is -0.549. The molecule has 0 rings (SSSR count). The van der Waals surface area contributed by atoms with Crippen molar-refractivity contribution in [2.45, 2.75) is 13.2 Å². The first-order valence-electron chi connectivity index (χ1n) is 2.84. The Hall–Kier alpha value is -0.540. The number of ether oxygens (including phenoxy) is 2. The highest BCUT2D eigenvalue weighted by molar-refractivity contribution is 4.51. The molecule has 0 aromatic rings. The lowest BCUT2D eigenvalue weighted by Crippen LogP contribution is -2.18. The van der Waals surface area contributed by atoms with Gasteiger partial charge >= 0.3 is 0 Å². The number of rotatable bonds is 5. The Labute approximate surface area is 54.9 Å². The van der Waals surface area contributed by atoms with Gasteiger partial charge in [0.1, 0.15) is 6.61 Å². The molecular weight excluding hydrogens is 120 g/mol. The molecule has 0 aromatic heterocycles. The summed E-state index contributed by atoms with van der Waals surface area (Å²) < 4.78 is 9.61. The van der Waals surface area contributed by atoms with Crippen molar-refractivity contribution in [3.8, 4) is 0 Å². The Morgan fingerprint density at radius 2 is 2.44 bits per heavy atom. The third-order valence-electron chi connectivity index (χ3n) is 0.750. The van der Waals surface area contributed by atoms with Crippen molar-refractivity contribution in [2.75, 3.05) is 13.2 Å². The van der Waals surface area contributed by atoms with Crippen LogP contribution in [0.1, 0.15) is 6.92 Å². The summed E-state index contributed by atoms with van der Waals surface area (Å²) in [6, 6.07) is 0. The second-order valence-corrected chi connectivity index (χ2v) is 1.37. The van der Waals surface area contributed by atoms with Crippen LogP contribution in [0.2, 0.25) is 0 Å². The van der Waals surface area contributed by atoms with Crippen LogP contribution < -0.4 is 0 Å². The van der Waals surface area contributed by atoms with Crippen molar-refractivity contribution in [3.63, 3.8) is 0 Å². The summed E-state index contributed by atoms with van der Waals surface area (Å²) >= 11 is 0. The quantitative estimate of drug-likeness (QED) is 0.437. The third kappa shape index (κ3) is 4.00. The van der Waals surface area contributed by atoms with Gasteiger partial charge in [0.05, 0.1) is 6.26 Å². The van der Waals surface area contributed by atoms with Gasteiger partial charge in [0.25, 0.3) is 0 Å². The summed E-state index contributed by atoms with van der Waals surface area (Å²) in [6.45, 7) is 5.53. The van der Waals surface area contributed by atoms with E-state index in [1.54, 1.807) is 0 Å². The van der Waals surface area contributed by atoms with Gasteiger partial charge in [0.15, 0.2) is 0 Å². The summed E-state index contributed by atoms with van der Waals surface area (Å²) in [5.74, 6) is 0. The molecule has 0 aliphatic rings. The summed E-state index contributed by atoms with van der Waals surface area (Å²) in [6.07, 6.45) is 0.698. The lowest BCUT2D eigenvalue weighted by atomic mass is 10.7. The maximum Gasteiger partial charge on any atom is 0.222 e. The van der Waals surface area contributed by atoms with Gasteiger partial charge in [0.2, 0.25) is 6.29 Å². The molecule has 0 aliphatic carbocycles. The van der Waals surface area contributed by atoms with Gasteiger partial charge in [-0.3, -0.25) is 0 Å². The Morgan fingerprint density at radius 3 is 2.78 bits per heavy atom. The molecule has 0 amide bonds. The van der Waals surface area contributed by atoms with E-state index in [9.17, 15) is 0 Å². The fraction of sp³-hybridized carbons (Fsp3) is 0.667. The number of hydrogen-bond acceptors (Lipinski definition) is 3. The van der Waals surface area contributed by atoms with Crippen LogP contribution in [0.5, 0.6) is 0 Å². The fourth-order valence-electron chi connectivity index (χ4n) is 0.428. The van der Waals surface area contributed by atoms with Gasteiger partial charge in [-0.05, 0) is 6.92 Å². The van der Waals surface area contributed by atoms with Crippen LogP contribution in [-0.2, 0) is 9.47 Å². The van der Waals surface area contributed by atoms with Crippen molar-refractivity contribution < 1.29 is 14.6 Å². The molecule has 3 heteroatoms. The van der Waals surface area contributed by atoms with Crippen molar-refractivity contribution in [3.05, 3.63) is 12.8 Å². The Bertz CT molecular complexity index is 72.7. The zero-order valence-electron chi connectivity index (χ0n) is 5.54. The van der Waals surface area contributed by atoms with Gasteiger partial charge < -0.3 is 14.6 Å². The lowest BCUT2D eigenvalue weighted by molar-refractivity contribution is -0.126. The summed E-state index contributed by atoms with van der Waals surface area (Å²) in [5, 5.41) is 8.49. The molecule has 0 saturated heterocycles. The van der Waals surface area contributed by atoms with E-state index in [4.69, 9.17) is 14.6 Å². The van der Waals surface area contributed by atoms with Gasteiger partial charge in [-0.2, -0.15) is 0 Å². The fourth-order valence-corrected chi connectivity index (χ4v) is 0.428. The maximum atomic E-state index is 8.49. The van der Waals surface area contributed by atoms with E-state index in [1.165, 1.54) is 6.26 Å². The zero-order valence-corrected chi connectivity index (χ0v) is 5.54. The van der Waals surface area contributed by atoms with Crippen LogP contribution in [0, 0.1) is 0 Å². The smallest absolute Gasteiger partial charge is 0.222 e. The molecular formula is C6H12O3. The van der Waals surface area contributed by atoms with E-state index in [0.717, 1.165) is 0 Å². The Kier molecular flexibility index (Phi) is 5.26. The number of aliphatic hydroxyl groups is 1. The Morgan fingerprint density at radius 1 is 1.78 bits per heavy atom. The normalized spacial score (nSPS) is 12.7. The first-order chi connectivity index (χ1) is 4.35. The van der Waals surface area contributed by atoms with E-state index >= 15 is 0 Å². The van der Waals surface area contributed by atoms with Gasteiger partial charge in [-0.25, -0.2) is 0 Å². The predicted molar refractivity (Wildman–Crippen MR) is 33.8 cm³/mol. The average Bonchev–Trinajstić information content (AvgIpc) is 1.88. The summed E-state index contributed by atoms with van der Waals surface area (Å²) in [4.78, 5) is 0. The van der Waals surface area contributed by atoms with Crippen molar-refractivity contribution in [1.29, 1.82) is 0 Å². The van der Waals surface area contributed by atoms with Crippen LogP contribution in [0.15, 0.2) is 12.8 Å². The molecule has 0 heterocycles. The van der Waals surface area contributed by atoms with Crippen LogP contribution in [0.3, 0.4) is 0 Å². The first kappa shape index (κ1) is 8.46. The number of hydrogen-bond donors (Lipinski definition) is 1. The van der Waals surface area contributed by atoms with Crippen LogP contribution in [-0.4, -0.2) is 24.6 Å². The average molecular weight is 132 g/mol. The van der Waals surface area contributed by atoms with E-state index in [1.807, 2.05) is 6.92 Å². The molecule has 3 nitrogen and oxygen atoms in total. The second kappa shape index (κ2) is 5.59. The molecule has 0 spiro atoms.